The third-order valence-electron chi connectivity index (χ3n) is 1.85. The zero-order chi connectivity index (χ0) is 9.68. The lowest BCUT2D eigenvalue weighted by atomic mass is 10.4. The highest BCUT2D eigenvalue weighted by Crippen LogP contribution is 1.96. The highest BCUT2D eigenvalue weighted by molar-refractivity contribution is 6.68. The first-order valence-corrected chi connectivity index (χ1v) is 6.32. The van der Waals surface area contributed by atoms with Crippen LogP contribution in [0.15, 0.2) is 30.3 Å². The highest BCUT2D eigenvalue weighted by Gasteiger charge is 2.14. The minimum absolute atomic E-state index is 0.164. The zero-order valence-electron chi connectivity index (χ0n) is 7.99. The second-order valence-electron chi connectivity index (χ2n) is 2.92. The van der Waals surface area contributed by atoms with Crippen molar-refractivity contribution in [1.29, 1.82) is 0 Å². The first kappa shape index (κ1) is 9.99. The minimum Gasteiger partial charge on any atom is -0.518 e. The fourth-order valence-corrected chi connectivity index (χ4v) is 3.08. The fraction of sp³-hybridized carbons (Fsp3) is 0.300. The van der Waals surface area contributed by atoms with Crippen LogP contribution in [0.1, 0.15) is 13.8 Å². The van der Waals surface area contributed by atoms with Crippen LogP contribution in [0.4, 0.5) is 0 Å². The van der Waals surface area contributed by atoms with Gasteiger partial charge in [0.05, 0.1) is 0 Å². The monoisotopic (exact) mass is 194 g/mol. The predicted molar refractivity (Wildman–Crippen MR) is 55.5 cm³/mol. The summed E-state index contributed by atoms with van der Waals surface area (Å²) in [6, 6.07) is 10.9. The first-order valence-electron chi connectivity index (χ1n) is 4.46. The molecule has 1 unspecified atom stereocenters. The Bertz CT molecular complexity index is 272. The first-order chi connectivity index (χ1) is 6.24. The molecule has 1 rings (SSSR count). The van der Waals surface area contributed by atoms with E-state index in [1.807, 2.05) is 30.3 Å². The molecule has 0 amide bonds. The molecule has 0 bridgehead atoms. The zero-order valence-corrected chi connectivity index (χ0v) is 9.14. The van der Waals surface area contributed by atoms with Crippen molar-refractivity contribution in [3.05, 3.63) is 30.3 Å². The van der Waals surface area contributed by atoms with Gasteiger partial charge in [-0.3, -0.25) is 4.79 Å². The summed E-state index contributed by atoms with van der Waals surface area (Å²) in [5, 5.41) is 1.19. The van der Waals surface area contributed by atoms with Gasteiger partial charge in [-0.05, 0) is 11.2 Å². The predicted octanol–water partition coefficient (Wildman–Crippen LogP) is 1.20. The Morgan fingerprint density at radius 1 is 1.38 bits per heavy atom. The van der Waals surface area contributed by atoms with Gasteiger partial charge in [-0.15, -0.1) is 0 Å². The molecule has 0 fully saturated rings. The maximum absolute atomic E-state index is 10.8. The van der Waals surface area contributed by atoms with E-state index in [2.05, 4.69) is 6.92 Å². The van der Waals surface area contributed by atoms with Crippen molar-refractivity contribution >= 4 is 20.2 Å². The summed E-state index contributed by atoms with van der Waals surface area (Å²) in [5.41, 5.74) is 0. The number of carbonyl (C=O) groups is 1. The molecule has 1 aromatic rings. The molecule has 2 nitrogen and oxygen atoms in total. The van der Waals surface area contributed by atoms with Gasteiger partial charge in [-0.2, -0.15) is 0 Å². The van der Waals surface area contributed by atoms with Crippen LogP contribution in [0.5, 0.6) is 0 Å². The third kappa shape index (κ3) is 3.03. The molecule has 0 saturated carbocycles. The van der Waals surface area contributed by atoms with Gasteiger partial charge in [-0.1, -0.05) is 37.3 Å². The molecular weight excluding hydrogens is 180 g/mol. The smallest absolute Gasteiger partial charge is 0.289 e. The normalized spacial score (nSPS) is 12.2. The SMILES string of the molecule is CC[SiH](OC(C)=O)c1ccccc1. The van der Waals surface area contributed by atoms with Gasteiger partial charge in [-0.25, -0.2) is 0 Å². The molecule has 0 saturated heterocycles. The second kappa shape index (κ2) is 4.82. The van der Waals surface area contributed by atoms with Gasteiger partial charge in [0.15, 0.2) is 0 Å². The maximum Gasteiger partial charge on any atom is 0.289 e. The summed E-state index contributed by atoms with van der Waals surface area (Å²) in [5.74, 6) is -0.164. The quantitative estimate of drug-likeness (QED) is 0.676. The molecule has 1 aromatic carbocycles. The maximum atomic E-state index is 10.8. The van der Waals surface area contributed by atoms with Crippen LogP contribution in [0.25, 0.3) is 0 Å². The Kier molecular flexibility index (Phi) is 3.70. The molecule has 70 valence electrons. The van der Waals surface area contributed by atoms with E-state index < -0.39 is 9.04 Å². The van der Waals surface area contributed by atoms with E-state index >= 15 is 0 Å². The van der Waals surface area contributed by atoms with Crippen molar-refractivity contribution in [3.8, 4) is 0 Å². The summed E-state index contributed by atoms with van der Waals surface area (Å²) in [4.78, 5) is 10.8. The van der Waals surface area contributed by atoms with Crippen LogP contribution in [0, 0.1) is 0 Å². The van der Waals surface area contributed by atoms with Gasteiger partial charge >= 0.3 is 0 Å². The van der Waals surface area contributed by atoms with E-state index in [0.717, 1.165) is 6.04 Å². The van der Waals surface area contributed by atoms with E-state index in [4.69, 9.17) is 4.43 Å². The lowest BCUT2D eigenvalue weighted by Crippen LogP contribution is -2.34. The van der Waals surface area contributed by atoms with Gasteiger partial charge in [0.2, 0.25) is 0 Å². The summed E-state index contributed by atoms with van der Waals surface area (Å²) in [6.07, 6.45) is 0. The molecule has 0 N–H and O–H groups in total. The second-order valence-corrected chi connectivity index (χ2v) is 5.61. The van der Waals surface area contributed by atoms with E-state index in [1.54, 1.807) is 0 Å². The number of rotatable bonds is 3. The van der Waals surface area contributed by atoms with Gasteiger partial charge < -0.3 is 4.43 Å². The minimum atomic E-state index is -1.48. The Balaban J connectivity index is 2.73. The van der Waals surface area contributed by atoms with E-state index in [9.17, 15) is 4.79 Å². The molecule has 0 aliphatic heterocycles. The molecule has 13 heavy (non-hydrogen) atoms. The van der Waals surface area contributed by atoms with Crippen LogP contribution >= 0.6 is 0 Å². The molecule has 0 aliphatic carbocycles. The van der Waals surface area contributed by atoms with Crippen LogP contribution in [-0.2, 0) is 9.22 Å². The Morgan fingerprint density at radius 3 is 2.46 bits per heavy atom. The molecule has 3 heteroatoms. The number of carbonyl (C=O) groups excluding carboxylic acids is 1. The number of hydrogen-bond donors (Lipinski definition) is 0. The van der Waals surface area contributed by atoms with Crippen molar-refractivity contribution in [3.63, 3.8) is 0 Å². The molecular formula is C10H14O2Si. The summed E-state index contributed by atoms with van der Waals surface area (Å²) < 4.78 is 5.29. The molecule has 0 spiro atoms. The van der Waals surface area contributed by atoms with Crippen molar-refractivity contribution in [2.45, 2.75) is 19.9 Å². The molecule has 0 aromatic heterocycles. The molecule has 0 radical (unpaired) electrons. The highest BCUT2D eigenvalue weighted by atomic mass is 28.3. The Hall–Kier alpha value is -1.09. The fourth-order valence-electron chi connectivity index (χ4n) is 1.26. The van der Waals surface area contributed by atoms with Crippen molar-refractivity contribution in [2.24, 2.45) is 0 Å². The van der Waals surface area contributed by atoms with E-state index in [-0.39, 0.29) is 5.97 Å². The molecule has 0 heterocycles. The Labute approximate surface area is 80.3 Å². The molecule has 1 atom stereocenters. The third-order valence-corrected chi connectivity index (χ3v) is 4.34. The summed E-state index contributed by atoms with van der Waals surface area (Å²) in [7, 11) is -1.48. The summed E-state index contributed by atoms with van der Waals surface area (Å²) >= 11 is 0. The van der Waals surface area contributed by atoms with Crippen molar-refractivity contribution in [2.75, 3.05) is 0 Å². The lowest BCUT2D eigenvalue weighted by molar-refractivity contribution is -0.132. The van der Waals surface area contributed by atoms with E-state index in [1.165, 1.54) is 12.1 Å². The van der Waals surface area contributed by atoms with Crippen molar-refractivity contribution < 1.29 is 9.22 Å². The van der Waals surface area contributed by atoms with Crippen LogP contribution in [-0.4, -0.2) is 15.0 Å². The number of benzene rings is 1. The van der Waals surface area contributed by atoms with Crippen molar-refractivity contribution in [1.82, 2.24) is 0 Å². The van der Waals surface area contributed by atoms with Crippen LogP contribution in [0.3, 0.4) is 0 Å². The standard InChI is InChI=1S/C10H14O2Si/c1-3-13(12-9(2)11)10-7-5-4-6-8-10/h4-8,13H,3H2,1-2H3. The van der Waals surface area contributed by atoms with Crippen LogP contribution < -0.4 is 5.19 Å². The largest absolute Gasteiger partial charge is 0.518 e. The number of hydrogen-bond acceptors (Lipinski definition) is 2. The van der Waals surface area contributed by atoms with Gasteiger partial charge in [0.1, 0.15) is 0 Å². The van der Waals surface area contributed by atoms with Gasteiger partial charge in [0.25, 0.3) is 15.0 Å². The topological polar surface area (TPSA) is 26.3 Å². The lowest BCUT2D eigenvalue weighted by Gasteiger charge is -2.12. The average Bonchev–Trinajstić information content (AvgIpc) is 2.15. The summed E-state index contributed by atoms with van der Waals surface area (Å²) in [6.45, 7) is 3.53. The Morgan fingerprint density at radius 2 is 2.00 bits per heavy atom. The average molecular weight is 194 g/mol. The van der Waals surface area contributed by atoms with Crippen LogP contribution in [0.2, 0.25) is 6.04 Å². The molecule has 0 aliphatic rings. The van der Waals surface area contributed by atoms with Gasteiger partial charge in [0, 0.05) is 6.92 Å². The van der Waals surface area contributed by atoms with E-state index in [0.29, 0.717) is 0 Å².